The van der Waals surface area contributed by atoms with Crippen LogP contribution in [0.3, 0.4) is 0 Å². The Hall–Kier alpha value is -4.71. The van der Waals surface area contributed by atoms with Crippen LogP contribution in [-0.2, 0) is 0 Å². The van der Waals surface area contributed by atoms with Crippen molar-refractivity contribution in [2.75, 3.05) is 14.1 Å². The minimum Gasteiger partial charge on any atom is -0.265 e. The summed E-state index contributed by atoms with van der Waals surface area (Å²) in [6.45, 7) is 0. The molecule has 0 fully saturated rings. The molecule has 6 nitrogen and oxygen atoms in total. The van der Waals surface area contributed by atoms with Crippen LogP contribution in [-0.4, -0.2) is 41.0 Å². The Morgan fingerprint density at radius 1 is 0.571 bits per heavy atom. The first-order chi connectivity index (χ1) is 17.1. The van der Waals surface area contributed by atoms with Crippen molar-refractivity contribution in [1.29, 1.82) is 0 Å². The van der Waals surface area contributed by atoms with Gasteiger partial charge in [0.2, 0.25) is 0 Å². The van der Waals surface area contributed by atoms with E-state index >= 15 is 0 Å². The number of rotatable bonds is 3. The van der Waals surface area contributed by atoms with Crippen LogP contribution in [0.5, 0.6) is 0 Å². The number of fused-ring (bicyclic) bond motifs is 2. The molecule has 1 aliphatic rings. The summed E-state index contributed by atoms with van der Waals surface area (Å²) in [6, 6.07) is 29.2. The van der Waals surface area contributed by atoms with Crippen LogP contribution in [0.25, 0.3) is 43.8 Å². The van der Waals surface area contributed by atoms with Crippen molar-refractivity contribution >= 4 is 33.4 Å². The van der Waals surface area contributed by atoms with Crippen molar-refractivity contribution in [3.05, 3.63) is 103 Å². The second-order valence-electron chi connectivity index (χ2n) is 8.51. The van der Waals surface area contributed by atoms with Gasteiger partial charge in [-0.2, -0.15) is 0 Å². The number of pyridine rings is 1. The van der Waals surface area contributed by atoms with Gasteiger partial charge in [0.25, 0.3) is 0 Å². The molecule has 0 unspecified atom stereocenters. The first kappa shape index (κ1) is 20.9. The van der Waals surface area contributed by atoms with Crippen molar-refractivity contribution in [2.45, 2.75) is 0 Å². The van der Waals surface area contributed by atoms with Gasteiger partial charge in [-0.1, -0.05) is 72.8 Å². The molecule has 169 valence electrons. The van der Waals surface area contributed by atoms with Gasteiger partial charge < -0.3 is 0 Å². The SMILES string of the molecule is CN1[N]C(c2ccc(-c3c4ccccc4c(-c4ccncc4)c4ccccc34)cc2)=NN(C)C1=O. The number of nitrogens with zero attached hydrogens (tertiary/aromatic N) is 5. The van der Waals surface area contributed by atoms with Crippen LogP contribution >= 0.6 is 0 Å². The molecule has 6 rings (SSSR count). The van der Waals surface area contributed by atoms with E-state index in [-0.39, 0.29) is 6.03 Å². The van der Waals surface area contributed by atoms with E-state index in [4.69, 9.17) is 0 Å². The molecule has 1 aromatic heterocycles. The number of amidine groups is 1. The second-order valence-corrected chi connectivity index (χ2v) is 8.51. The third-order valence-electron chi connectivity index (χ3n) is 6.38. The maximum atomic E-state index is 12.0. The molecule has 2 amide bonds. The monoisotopic (exact) mass is 456 g/mol. The van der Waals surface area contributed by atoms with Crippen LogP contribution < -0.4 is 5.43 Å². The fourth-order valence-corrected chi connectivity index (χ4v) is 4.77. The zero-order valence-electron chi connectivity index (χ0n) is 19.4. The highest BCUT2D eigenvalue weighted by Crippen LogP contribution is 2.43. The van der Waals surface area contributed by atoms with Gasteiger partial charge in [0.1, 0.15) is 0 Å². The van der Waals surface area contributed by atoms with Crippen LogP contribution in [0, 0.1) is 0 Å². The smallest absolute Gasteiger partial charge is 0.265 e. The molecule has 4 aromatic carbocycles. The third kappa shape index (κ3) is 3.47. The number of benzene rings is 4. The summed E-state index contributed by atoms with van der Waals surface area (Å²) in [5, 5.41) is 11.7. The summed E-state index contributed by atoms with van der Waals surface area (Å²) in [6.07, 6.45) is 3.68. The largest absolute Gasteiger partial charge is 0.360 e. The Kier molecular flexibility index (Phi) is 4.92. The lowest BCUT2D eigenvalue weighted by Crippen LogP contribution is -2.48. The minimum absolute atomic E-state index is 0.266. The van der Waals surface area contributed by atoms with E-state index < -0.39 is 0 Å². The standard InChI is InChI=1S/C29H22N5O/c1-33-29(35)34(2)32-28(31-33)21-13-11-19(12-14-21)26-22-7-3-5-9-24(22)27(20-15-17-30-18-16-20)25-10-6-4-8-23(25)26/h3-18H,1-2H3. The number of carbonyl (C=O) groups excluding carboxylic acids is 1. The molecule has 1 aliphatic heterocycles. The van der Waals surface area contributed by atoms with Gasteiger partial charge in [0, 0.05) is 32.1 Å². The molecule has 0 atom stereocenters. The zero-order chi connectivity index (χ0) is 23.9. The molecule has 35 heavy (non-hydrogen) atoms. The molecule has 0 N–H and O–H groups in total. The normalized spacial score (nSPS) is 13.8. The number of amides is 2. The number of carbonyl (C=O) groups is 1. The summed E-state index contributed by atoms with van der Waals surface area (Å²) in [5.41, 5.74) is 9.82. The topological polar surface area (TPSA) is 62.9 Å². The van der Waals surface area contributed by atoms with Crippen LogP contribution in [0.15, 0.2) is 102 Å². The minimum atomic E-state index is -0.266. The van der Waals surface area contributed by atoms with E-state index in [1.807, 2.05) is 24.5 Å². The Balaban J connectivity index is 1.56. The van der Waals surface area contributed by atoms with Crippen molar-refractivity contribution in [1.82, 2.24) is 20.4 Å². The predicted molar refractivity (Wildman–Crippen MR) is 140 cm³/mol. The highest BCUT2D eigenvalue weighted by atomic mass is 16.2. The first-order valence-corrected chi connectivity index (χ1v) is 11.4. The van der Waals surface area contributed by atoms with Gasteiger partial charge in [-0.05, 0) is 55.9 Å². The van der Waals surface area contributed by atoms with Crippen molar-refractivity contribution in [2.24, 2.45) is 5.10 Å². The molecule has 6 heteroatoms. The van der Waals surface area contributed by atoms with Crippen LogP contribution in [0.2, 0.25) is 0 Å². The predicted octanol–water partition coefficient (Wildman–Crippen LogP) is 5.90. The zero-order valence-corrected chi connectivity index (χ0v) is 19.4. The van der Waals surface area contributed by atoms with E-state index in [1.165, 1.54) is 42.7 Å². The molecular weight excluding hydrogens is 434 g/mol. The van der Waals surface area contributed by atoms with Gasteiger partial charge >= 0.3 is 6.03 Å². The fourth-order valence-electron chi connectivity index (χ4n) is 4.77. The molecule has 5 aromatic rings. The summed E-state index contributed by atoms with van der Waals surface area (Å²) in [4.78, 5) is 16.2. The summed E-state index contributed by atoms with van der Waals surface area (Å²) in [7, 11) is 3.26. The van der Waals surface area contributed by atoms with E-state index in [9.17, 15) is 4.79 Å². The number of aromatic nitrogens is 1. The Morgan fingerprint density at radius 2 is 1.03 bits per heavy atom. The van der Waals surface area contributed by atoms with Gasteiger partial charge in [0.15, 0.2) is 5.84 Å². The quantitative estimate of drug-likeness (QED) is 0.317. The number of hydrogen-bond donors (Lipinski definition) is 0. The van der Waals surface area contributed by atoms with Crippen LogP contribution in [0.1, 0.15) is 5.56 Å². The van der Waals surface area contributed by atoms with E-state index in [1.54, 1.807) is 14.1 Å². The number of hydrazone groups is 1. The summed E-state index contributed by atoms with van der Waals surface area (Å²) < 4.78 is 0. The number of hydrogen-bond acceptors (Lipinski definition) is 3. The van der Waals surface area contributed by atoms with Gasteiger partial charge in [-0.15, -0.1) is 10.5 Å². The highest BCUT2D eigenvalue weighted by molar-refractivity contribution is 6.21. The molecule has 2 heterocycles. The van der Waals surface area contributed by atoms with Crippen molar-refractivity contribution < 1.29 is 4.79 Å². The maximum absolute atomic E-state index is 12.0. The van der Waals surface area contributed by atoms with Gasteiger partial charge in [0.05, 0.1) is 0 Å². The molecule has 0 bridgehead atoms. The van der Waals surface area contributed by atoms with E-state index in [0.29, 0.717) is 5.84 Å². The molecule has 0 spiro atoms. The Morgan fingerprint density at radius 3 is 1.51 bits per heavy atom. The third-order valence-corrected chi connectivity index (χ3v) is 6.38. The van der Waals surface area contributed by atoms with Gasteiger partial charge in [-0.3, -0.25) is 4.98 Å². The molecular formula is C29H22N5O. The summed E-state index contributed by atoms with van der Waals surface area (Å²) in [5.74, 6) is 0.504. The van der Waals surface area contributed by atoms with E-state index in [0.717, 1.165) is 16.7 Å². The molecule has 0 saturated heterocycles. The first-order valence-electron chi connectivity index (χ1n) is 11.4. The average molecular weight is 457 g/mol. The Bertz CT molecular complexity index is 1550. The summed E-state index contributed by atoms with van der Waals surface area (Å²) >= 11 is 0. The second kappa shape index (κ2) is 8.25. The highest BCUT2D eigenvalue weighted by Gasteiger charge is 2.24. The molecule has 0 aliphatic carbocycles. The maximum Gasteiger partial charge on any atom is 0.360 e. The van der Waals surface area contributed by atoms with Crippen molar-refractivity contribution in [3.63, 3.8) is 0 Å². The lowest BCUT2D eigenvalue weighted by molar-refractivity contribution is 0.155. The Labute approximate surface area is 203 Å². The average Bonchev–Trinajstić information content (AvgIpc) is 2.90. The lowest BCUT2D eigenvalue weighted by Gasteiger charge is -2.26. The fraction of sp³-hybridized carbons (Fsp3) is 0.0690. The van der Waals surface area contributed by atoms with Gasteiger partial charge in [-0.25, -0.2) is 14.8 Å². The lowest BCUT2D eigenvalue weighted by atomic mass is 9.86. The van der Waals surface area contributed by atoms with Crippen LogP contribution in [0.4, 0.5) is 4.79 Å². The molecule has 0 saturated carbocycles. The number of urea groups is 1. The molecule has 1 radical (unpaired) electrons. The van der Waals surface area contributed by atoms with Crippen molar-refractivity contribution in [3.8, 4) is 22.3 Å². The van der Waals surface area contributed by atoms with E-state index in [2.05, 4.69) is 88.3 Å².